The number of hydrogen-bond acceptors (Lipinski definition) is 5. The predicted octanol–water partition coefficient (Wildman–Crippen LogP) is 2.64. The van der Waals surface area contributed by atoms with Crippen molar-refractivity contribution in [2.24, 2.45) is 5.10 Å². The number of benzene rings is 2. The smallest absolute Gasteiger partial charge is 0.277 e. The second kappa shape index (κ2) is 6.92. The first-order valence-corrected chi connectivity index (χ1v) is 8.72. The Kier molecular flexibility index (Phi) is 5.14. The molecule has 0 radical (unpaired) electrons. The molecule has 0 saturated carbocycles. The van der Waals surface area contributed by atoms with E-state index in [2.05, 4.69) is 9.93 Å². The number of methoxy groups -OCH3 is 1. The lowest BCUT2D eigenvalue weighted by Crippen LogP contribution is -2.20. The van der Waals surface area contributed by atoms with Gasteiger partial charge in [0.05, 0.1) is 18.2 Å². The zero-order valence-electron chi connectivity index (χ0n) is 14.0. The maximum absolute atomic E-state index is 12.5. The highest BCUT2D eigenvalue weighted by molar-refractivity contribution is 7.89. The number of phenolic OH excluding ortho intramolecular Hbond substituents is 1. The van der Waals surface area contributed by atoms with Gasteiger partial charge in [-0.3, -0.25) is 0 Å². The first kappa shape index (κ1) is 17.8. The molecule has 0 heterocycles. The minimum absolute atomic E-state index is 0.00105. The molecular formula is C17H20N2O4S. The molecule has 0 amide bonds. The van der Waals surface area contributed by atoms with Gasteiger partial charge in [0.15, 0.2) is 11.5 Å². The van der Waals surface area contributed by atoms with Gasteiger partial charge in [-0.2, -0.15) is 13.5 Å². The number of nitrogens with zero attached hydrogens (tertiary/aromatic N) is 1. The molecule has 7 heteroatoms. The van der Waals surface area contributed by atoms with Gasteiger partial charge in [-0.1, -0.05) is 17.7 Å². The Morgan fingerprint density at radius 3 is 2.33 bits per heavy atom. The van der Waals surface area contributed by atoms with E-state index in [9.17, 15) is 13.5 Å². The van der Waals surface area contributed by atoms with Crippen LogP contribution in [-0.4, -0.2) is 26.8 Å². The van der Waals surface area contributed by atoms with E-state index in [4.69, 9.17) is 4.74 Å². The molecule has 0 saturated heterocycles. The van der Waals surface area contributed by atoms with Crippen LogP contribution in [0.25, 0.3) is 0 Å². The normalized spacial score (nSPS) is 11.7. The zero-order chi connectivity index (χ0) is 17.9. The van der Waals surface area contributed by atoms with Crippen LogP contribution in [-0.2, 0) is 10.0 Å². The van der Waals surface area contributed by atoms with Crippen LogP contribution >= 0.6 is 0 Å². The quantitative estimate of drug-likeness (QED) is 0.642. The Morgan fingerprint density at radius 2 is 1.75 bits per heavy atom. The van der Waals surface area contributed by atoms with Gasteiger partial charge >= 0.3 is 0 Å². The molecule has 2 rings (SSSR count). The molecular weight excluding hydrogens is 328 g/mol. The number of aryl methyl sites for hydroxylation is 3. The summed E-state index contributed by atoms with van der Waals surface area (Å²) in [5.74, 6) is 0.285. The summed E-state index contributed by atoms with van der Waals surface area (Å²) in [5, 5.41) is 13.3. The number of aromatic hydroxyl groups is 1. The molecule has 6 nitrogen and oxygen atoms in total. The van der Waals surface area contributed by atoms with Crippen LogP contribution in [0.15, 0.2) is 40.3 Å². The van der Waals surface area contributed by atoms with Gasteiger partial charge in [-0.25, -0.2) is 4.83 Å². The first-order valence-electron chi connectivity index (χ1n) is 7.24. The fourth-order valence-corrected chi connectivity index (χ4v) is 3.83. The van der Waals surface area contributed by atoms with Gasteiger partial charge in [0.1, 0.15) is 0 Å². The molecule has 0 unspecified atom stereocenters. The van der Waals surface area contributed by atoms with E-state index in [1.807, 2.05) is 19.1 Å². The molecule has 128 valence electrons. The average Bonchev–Trinajstić information content (AvgIpc) is 2.47. The summed E-state index contributed by atoms with van der Waals surface area (Å²) < 4.78 is 29.9. The van der Waals surface area contributed by atoms with Crippen molar-refractivity contribution in [1.29, 1.82) is 0 Å². The Morgan fingerprint density at radius 1 is 1.12 bits per heavy atom. The molecule has 2 aromatic rings. The van der Waals surface area contributed by atoms with E-state index < -0.39 is 10.0 Å². The third-order valence-electron chi connectivity index (χ3n) is 3.46. The lowest BCUT2D eigenvalue weighted by molar-refractivity contribution is 0.373. The standard InChI is InChI=1S/C17H20N2O4S/c1-11-7-12(2)17(13(3)8-11)24(21,22)19-18-10-14-5-6-15(20)16(9-14)23-4/h5-10,19-20H,1-4H3/b18-10+. The van der Waals surface area contributed by atoms with Crippen LogP contribution in [0.4, 0.5) is 0 Å². The van der Waals surface area contributed by atoms with Gasteiger partial charge in [0.2, 0.25) is 0 Å². The molecule has 0 aliphatic carbocycles. The van der Waals surface area contributed by atoms with Crippen LogP contribution in [0, 0.1) is 20.8 Å². The van der Waals surface area contributed by atoms with Crippen molar-refractivity contribution in [1.82, 2.24) is 4.83 Å². The summed E-state index contributed by atoms with van der Waals surface area (Å²) in [6, 6.07) is 8.22. The van der Waals surface area contributed by atoms with Crippen LogP contribution < -0.4 is 9.57 Å². The molecule has 0 fully saturated rings. The molecule has 24 heavy (non-hydrogen) atoms. The average molecular weight is 348 g/mol. The number of hydrazone groups is 1. The number of phenols is 1. The Labute approximate surface area is 141 Å². The highest BCUT2D eigenvalue weighted by Gasteiger charge is 2.19. The monoisotopic (exact) mass is 348 g/mol. The topological polar surface area (TPSA) is 88.0 Å². The number of ether oxygens (including phenoxy) is 1. The van der Waals surface area contributed by atoms with Gasteiger partial charge in [0, 0.05) is 0 Å². The van der Waals surface area contributed by atoms with Gasteiger partial charge < -0.3 is 9.84 Å². The number of nitrogens with one attached hydrogen (secondary N) is 1. The maximum Gasteiger partial charge on any atom is 0.277 e. The van der Waals surface area contributed by atoms with Gasteiger partial charge in [-0.05, 0) is 55.7 Å². The van der Waals surface area contributed by atoms with Crippen LogP contribution in [0.1, 0.15) is 22.3 Å². The van der Waals surface area contributed by atoms with E-state index in [1.165, 1.54) is 19.4 Å². The highest BCUT2D eigenvalue weighted by Crippen LogP contribution is 2.25. The second-order valence-corrected chi connectivity index (χ2v) is 7.11. The molecule has 0 aliphatic heterocycles. The largest absolute Gasteiger partial charge is 0.504 e. The van der Waals surface area contributed by atoms with E-state index in [0.717, 1.165) is 5.56 Å². The summed E-state index contributed by atoms with van der Waals surface area (Å²) in [7, 11) is -2.33. The first-order chi connectivity index (χ1) is 11.2. The highest BCUT2D eigenvalue weighted by atomic mass is 32.2. The maximum atomic E-state index is 12.5. The van der Waals surface area contributed by atoms with Crippen molar-refractivity contribution >= 4 is 16.2 Å². The van der Waals surface area contributed by atoms with Gasteiger partial charge in [0.25, 0.3) is 10.0 Å². The summed E-state index contributed by atoms with van der Waals surface area (Å²) in [6.45, 7) is 5.42. The van der Waals surface area contributed by atoms with Gasteiger partial charge in [-0.15, -0.1) is 0 Å². The lowest BCUT2D eigenvalue weighted by Gasteiger charge is -2.11. The fourth-order valence-electron chi connectivity index (χ4n) is 2.58. The molecule has 0 spiro atoms. The summed E-state index contributed by atoms with van der Waals surface area (Å²) >= 11 is 0. The van der Waals surface area contributed by atoms with Crippen molar-refractivity contribution in [3.63, 3.8) is 0 Å². The Hall–Kier alpha value is -2.54. The summed E-state index contributed by atoms with van der Waals surface area (Å²) in [4.78, 5) is 2.45. The molecule has 0 aromatic heterocycles. The van der Waals surface area contributed by atoms with E-state index in [0.29, 0.717) is 16.7 Å². The molecule has 0 aliphatic rings. The summed E-state index contributed by atoms with van der Waals surface area (Å²) in [5.41, 5.74) is 2.93. The number of hydrogen-bond donors (Lipinski definition) is 2. The number of sulfonamides is 1. The third kappa shape index (κ3) is 3.86. The second-order valence-electron chi connectivity index (χ2n) is 5.51. The minimum Gasteiger partial charge on any atom is -0.504 e. The van der Waals surface area contributed by atoms with E-state index in [-0.39, 0.29) is 16.4 Å². The Bertz CT molecular complexity index is 866. The van der Waals surface area contributed by atoms with Crippen molar-refractivity contribution < 1.29 is 18.3 Å². The third-order valence-corrected chi connectivity index (χ3v) is 4.99. The van der Waals surface area contributed by atoms with E-state index >= 15 is 0 Å². The van der Waals surface area contributed by atoms with Crippen LogP contribution in [0.2, 0.25) is 0 Å². The zero-order valence-corrected chi connectivity index (χ0v) is 14.8. The van der Waals surface area contributed by atoms with Crippen LogP contribution in [0.3, 0.4) is 0 Å². The summed E-state index contributed by atoms with van der Waals surface area (Å²) in [6.07, 6.45) is 1.35. The minimum atomic E-state index is -3.76. The van der Waals surface area contributed by atoms with Crippen molar-refractivity contribution in [3.05, 3.63) is 52.6 Å². The fraction of sp³-hybridized carbons (Fsp3) is 0.235. The molecule has 2 aromatic carbocycles. The molecule has 2 N–H and O–H groups in total. The lowest BCUT2D eigenvalue weighted by atomic mass is 10.1. The Balaban J connectivity index is 2.25. The number of rotatable bonds is 5. The SMILES string of the molecule is COc1cc(/C=N/NS(=O)(=O)c2c(C)cc(C)cc2C)ccc1O. The molecule has 0 atom stereocenters. The van der Waals surface area contributed by atoms with Crippen LogP contribution in [0.5, 0.6) is 11.5 Å². The van der Waals surface area contributed by atoms with Crippen molar-refractivity contribution in [2.45, 2.75) is 25.7 Å². The van der Waals surface area contributed by atoms with Crippen molar-refractivity contribution in [3.8, 4) is 11.5 Å². The predicted molar refractivity (Wildman–Crippen MR) is 93.2 cm³/mol. The van der Waals surface area contributed by atoms with Crippen molar-refractivity contribution in [2.75, 3.05) is 7.11 Å². The molecule has 0 bridgehead atoms. The van der Waals surface area contributed by atoms with E-state index in [1.54, 1.807) is 26.0 Å².